The minimum absolute atomic E-state index is 0.0807. The summed E-state index contributed by atoms with van der Waals surface area (Å²) in [6.45, 7) is -0.148. The van der Waals surface area contributed by atoms with Crippen LogP contribution in [-0.2, 0) is 9.59 Å². The van der Waals surface area contributed by atoms with E-state index in [1.807, 2.05) is 24.4 Å². The fraction of sp³-hybridized carbons (Fsp3) is 0.167. The minimum atomic E-state index is -0.385. The van der Waals surface area contributed by atoms with Crippen LogP contribution in [0.5, 0.6) is 0 Å². The van der Waals surface area contributed by atoms with E-state index in [0.29, 0.717) is 17.3 Å². The maximum absolute atomic E-state index is 12.1. The van der Waals surface area contributed by atoms with Gasteiger partial charge < -0.3 is 16.0 Å². The smallest absolute Gasteiger partial charge is 0.251 e. The van der Waals surface area contributed by atoms with Crippen molar-refractivity contribution in [1.29, 1.82) is 0 Å². The van der Waals surface area contributed by atoms with Gasteiger partial charge in [0.1, 0.15) is 0 Å². The zero-order valence-electron chi connectivity index (χ0n) is 17.3. The molecule has 3 aromatic rings. The van der Waals surface area contributed by atoms with Gasteiger partial charge in [-0.2, -0.15) is 5.10 Å². The molecule has 0 radical (unpaired) electrons. The number of aromatic nitrogens is 2. The van der Waals surface area contributed by atoms with Crippen LogP contribution in [0.2, 0.25) is 0 Å². The molecule has 0 unspecified atom stereocenters. The fourth-order valence-corrected chi connectivity index (χ4v) is 2.96. The number of hydrogen-bond acceptors (Lipinski definition) is 4. The van der Waals surface area contributed by atoms with Crippen molar-refractivity contribution in [2.24, 2.45) is 0 Å². The molecule has 162 valence electrons. The van der Waals surface area contributed by atoms with E-state index in [9.17, 15) is 14.4 Å². The number of carbonyl (C=O) groups excluding carboxylic acids is 3. The van der Waals surface area contributed by atoms with Crippen LogP contribution in [0.15, 0.2) is 73.1 Å². The van der Waals surface area contributed by atoms with Crippen LogP contribution in [0.4, 0.5) is 5.69 Å². The zero-order chi connectivity index (χ0) is 22.3. The molecule has 1 aliphatic carbocycles. The first-order valence-electron chi connectivity index (χ1n) is 10.3. The molecule has 1 aromatic heterocycles. The van der Waals surface area contributed by atoms with E-state index in [4.69, 9.17) is 0 Å². The van der Waals surface area contributed by atoms with E-state index in [0.717, 1.165) is 24.1 Å². The number of nitrogens with one attached hydrogen (secondary N) is 3. The van der Waals surface area contributed by atoms with Gasteiger partial charge >= 0.3 is 0 Å². The van der Waals surface area contributed by atoms with E-state index in [1.165, 1.54) is 6.08 Å². The molecule has 1 aliphatic rings. The number of nitrogens with zero attached hydrogens (tertiary/aromatic N) is 2. The van der Waals surface area contributed by atoms with Gasteiger partial charge in [0.25, 0.3) is 5.91 Å². The molecule has 2 aromatic carbocycles. The quantitative estimate of drug-likeness (QED) is 0.479. The minimum Gasteiger partial charge on any atom is -0.349 e. The van der Waals surface area contributed by atoms with Gasteiger partial charge in [0.15, 0.2) is 0 Å². The average molecular weight is 429 g/mol. The molecule has 0 aliphatic heterocycles. The topological polar surface area (TPSA) is 105 Å². The lowest BCUT2D eigenvalue weighted by Gasteiger charge is -2.07. The van der Waals surface area contributed by atoms with Gasteiger partial charge in [0.2, 0.25) is 11.8 Å². The summed E-state index contributed by atoms with van der Waals surface area (Å²) in [5, 5.41) is 12.4. The van der Waals surface area contributed by atoms with Crippen molar-refractivity contribution in [3.05, 3.63) is 84.2 Å². The van der Waals surface area contributed by atoms with Gasteiger partial charge in [-0.1, -0.05) is 12.1 Å². The van der Waals surface area contributed by atoms with Gasteiger partial charge in [-0.05, 0) is 66.9 Å². The van der Waals surface area contributed by atoms with Gasteiger partial charge in [-0.15, -0.1) is 0 Å². The third-order valence-electron chi connectivity index (χ3n) is 4.86. The van der Waals surface area contributed by atoms with Crippen molar-refractivity contribution in [3.8, 4) is 5.69 Å². The summed E-state index contributed by atoms with van der Waals surface area (Å²) in [5.41, 5.74) is 2.88. The summed E-state index contributed by atoms with van der Waals surface area (Å²) < 4.78 is 1.72. The number of rotatable bonds is 8. The Kier molecular flexibility index (Phi) is 6.41. The van der Waals surface area contributed by atoms with Crippen molar-refractivity contribution >= 4 is 29.5 Å². The van der Waals surface area contributed by atoms with Crippen LogP contribution in [0.1, 0.15) is 28.8 Å². The highest BCUT2D eigenvalue weighted by Gasteiger charge is 2.23. The molecule has 1 saturated carbocycles. The first-order valence-corrected chi connectivity index (χ1v) is 10.3. The first-order chi connectivity index (χ1) is 15.6. The second-order valence-electron chi connectivity index (χ2n) is 7.47. The highest BCUT2D eigenvalue weighted by atomic mass is 16.2. The molecule has 0 atom stereocenters. The Morgan fingerprint density at radius 3 is 2.44 bits per heavy atom. The molecule has 8 heteroatoms. The third-order valence-corrected chi connectivity index (χ3v) is 4.86. The van der Waals surface area contributed by atoms with Gasteiger partial charge in [0.05, 0.1) is 12.2 Å². The Bertz CT molecular complexity index is 1120. The van der Waals surface area contributed by atoms with E-state index >= 15 is 0 Å². The Morgan fingerprint density at radius 2 is 1.78 bits per heavy atom. The number of amides is 3. The maximum atomic E-state index is 12.1. The zero-order valence-corrected chi connectivity index (χ0v) is 17.3. The highest BCUT2D eigenvalue weighted by molar-refractivity contribution is 5.98. The number of benzene rings is 2. The second kappa shape index (κ2) is 9.74. The Balaban J connectivity index is 1.21. The van der Waals surface area contributed by atoms with Crippen LogP contribution in [-0.4, -0.2) is 40.1 Å². The molecule has 4 rings (SSSR count). The van der Waals surface area contributed by atoms with E-state index in [2.05, 4.69) is 21.0 Å². The third kappa shape index (κ3) is 5.91. The molecular weight excluding hydrogens is 406 g/mol. The van der Waals surface area contributed by atoms with E-state index in [-0.39, 0.29) is 24.3 Å². The lowest BCUT2D eigenvalue weighted by Crippen LogP contribution is -2.31. The Hall–Kier alpha value is -4.20. The van der Waals surface area contributed by atoms with Crippen molar-refractivity contribution in [2.45, 2.75) is 18.9 Å². The van der Waals surface area contributed by atoms with Crippen molar-refractivity contribution in [1.82, 2.24) is 20.4 Å². The predicted molar refractivity (Wildman–Crippen MR) is 121 cm³/mol. The molecule has 1 fully saturated rings. The number of carbonyl (C=O) groups is 3. The summed E-state index contributed by atoms with van der Waals surface area (Å²) in [7, 11) is 0. The lowest BCUT2D eigenvalue weighted by molar-refractivity contribution is -0.121. The standard InChI is InChI=1S/C24H23N5O3/c30-22(13-4-17-2-5-18(6-3-17)24(32)28-20-7-8-20)25-16-23(31)27-19-9-11-21(12-10-19)29-15-1-14-26-29/h1-6,9-15,20H,7-8,16H2,(H,25,30)(H,27,31)(H,28,32)/b13-4+. The summed E-state index contributed by atoms with van der Waals surface area (Å²) >= 11 is 0. The molecule has 3 N–H and O–H groups in total. The SMILES string of the molecule is O=C(/C=C/c1ccc(C(=O)NC2CC2)cc1)NCC(=O)Nc1ccc(-n2cccn2)cc1. The summed E-state index contributed by atoms with van der Waals surface area (Å²) in [6, 6.07) is 16.3. The van der Waals surface area contributed by atoms with Crippen LogP contribution in [0, 0.1) is 0 Å². The molecule has 1 heterocycles. The number of hydrogen-bond donors (Lipinski definition) is 3. The summed E-state index contributed by atoms with van der Waals surface area (Å²) in [6.07, 6.45) is 8.58. The predicted octanol–water partition coefficient (Wildman–Crippen LogP) is 2.53. The molecule has 3 amide bonds. The molecule has 0 saturated heterocycles. The molecule has 0 spiro atoms. The van der Waals surface area contributed by atoms with Crippen LogP contribution < -0.4 is 16.0 Å². The Labute approximate surface area is 185 Å². The number of anilines is 1. The average Bonchev–Trinajstić information content (AvgIpc) is 3.45. The van der Waals surface area contributed by atoms with E-state index < -0.39 is 0 Å². The highest BCUT2D eigenvalue weighted by Crippen LogP contribution is 2.19. The first kappa shape index (κ1) is 21.0. The van der Waals surface area contributed by atoms with Crippen LogP contribution in [0.3, 0.4) is 0 Å². The largest absolute Gasteiger partial charge is 0.349 e. The monoisotopic (exact) mass is 429 g/mol. The second-order valence-corrected chi connectivity index (χ2v) is 7.47. The summed E-state index contributed by atoms with van der Waals surface area (Å²) in [4.78, 5) is 36.1. The fourth-order valence-electron chi connectivity index (χ4n) is 2.96. The van der Waals surface area contributed by atoms with Crippen LogP contribution >= 0.6 is 0 Å². The van der Waals surface area contributed by atoms with Crippen molar-refractivity contribution < 1.29 is 14.4 Å². The normalized spacial score (nSPS) is 13.0. The molecule has 8 nitrogen and oxygen atoms in total. The van der Waals surface area contributed by atoms with Crippen molar-refractivity contribution in [2.75, 3.05) is 11.9 Å². The van der Waals surface area contributed by atoms with Gasteiger partial charge in [0, 0.05) is 35.8 Å². The van der Waals surface area contributed by atoms with Gasteiger partial charge in [-0.3, -0.25) is 14.4 Å². The van der Waals surface area contributed by atoms with E-state index in [1.54, 1.807) is 53.4 Å². The lowest BCUT2D eigenvalue weighted by atomic mass is 10.1. The molecular formula is C24H23N5O3. The molecule has 32 heavy (non-hydrogen) atoms. The van der Waals surface area contributed by atoms with Gasteiger partial charge in [-0.25, -0.2) is 4.68 Å². The Morgan fingerprint density at radius 1 is 1.03 bits per heavy atom. The maximum Gasteiger partial charge on any atom is 0.251 e. The summed E-state index contributed by atoms with van der Waals surface area (Å²) in [5.74, 6) is -0.794. The molecule has 0 bridgehead atoms. The van der Waals surface area contributed by atoms with Crippen molar-refractivity contribution in [3.63, 3.8) is 0 Å². The van der Waals surface area contributed by atoms with Crippen LogP contribution in [0.25, 0.3) is 11.8 Å².